The number of rotatable bonds is 2. The summed E-state index contributed by atoms with van der Waals surface area (Å²) in [4.78, 5) is 12.5. The third kappa shape index (κ3) is 3.43. The summed E-state index contributed by atoms with van der Waals surface area (Å²) in [5.41, 5.74) is 0.0472. The van der Waals surface area contributed by atoms with Gasteiger partial charge in [-0.2, -0.15) is 0 Å². The molecule has 1 aromatic carbocycles. The number of amides is 1. The summed E-state index contributed by atoms with van der Waals surface area (Å²) in [5, 5.41) is 9.17. The lowest BCUT2D eigenvalue weighted by Gasteiger charge is -2.41. The molecule has 2 atom stereocenters. The second-order valence-corrected chi connectivity index (χ2v) is 9.55. The molecule has 25 heavy (non-hydrogen) atoms. The third-order valence-electron chi connectivity index (χ3n) is 4.79. The van der Waals surface area contributed by atoms with E-state index in [2.05, 4.69) is 4.72 Å². The summed E-state index contributed by atoms with van der Waals surface area (Å²) in [7, 11) is 0. The van der Waals surface area contributed by atoms with E-state index in [1.54, 1.807) is 6.07 Å². The summed E-state index contributed by atoms with van der Waals surface area (Å²) in [6, 6.07) is 3.98. The Hall–Kier alpha value is -1.51. The molecule has 8 heteroatoms. The lowest BCUT2D eigenvalue weighted by molar-refractivity contribution is 0.000746. The highest BCUT2D eigenvalue weighted by Crippen LogP contribution is 2.49. The van der Waals surface area contributed by atoms with Crippen LogP contribution in [0.2, 0.25) is 0 Å². The van der Waals surface area contributed by atoms with Crippen molar-refractivity contribution in [2.24, 2.45) is 0 Å². The van der Waals surface area contributed by atoms with Crippen molar-refractivity contribution in [2.45, 2.75) is 50.0 Å². The Morgan fingerprint density at radius 2 is 2.08 bits per heavy atom. The summed E-state index contributed by atoms with van der Waals surface area (Å²) >= 11 is -1.34. The average Bonchev–Trinajstić information content (AvgIpc) is 2.79. The summed E-state index contributed by atoms with van der Waals surface area (Å²) in [6.45, 7) is 6.27. The van der Waals surface area contributed by atoms with Gasteiger partial charge in [-0.3, -0.25) is 0 Å². The normalized spacial score (nSPS) is 23.2. The van der Waals surface area contributed by atoms with Crippen LogP contribution in [-0.4, -0.2) is 44.1 Å². The van der Waals surface area contributed by atoms with Crippen LogP contribution in [0.15, 0.2) is 18.2 Å². The molecule has 1 fully saturated rings. The molecule has 2 aliphatic rings. The van der Waals surface area contributed by atoms with Gasteiger partial charge in [-0.25, -0.2) is 9.18 Å². The molecule has 1 amide bonds. The summed E-state index contributed by atoms with van der Waals surface area (Å²) in [5.74, 6) is 0.0432. The second-order valence-electron chi connectivity index (χ2n) is 7.55. The van der Waals surface area contributed by atoms with Crippen LogP contribution in [0.4, 0.5) is 9.18 Å². The average molecular weight is 370 g/mol. The quantitative estimate of drug-likeness (QED) is 0.782. The van der Waals surface area contributed by atoms with E-state index in [4.69, 9.17) is 9.84 Å². The van der Waals surface area contributed by atoms with Gasteiger partial charge in [-0.05, 0) is 26.8 Å². The van der Waals surface area contributed by atoms with Crippen molar-refractivity contribution in [1.82, 2.24) is 9.62 Å². The van der Waals surface area contributed by atoms with Gasteiger partial charge in [0.2, 0.25) is 0 Å². The third-order valence-corrected chi connectivity index (χ3v) is 6.35. The van der Waals surface area contributed by atoms with E-state index in [1.807, 2.05) is 20.8 Å². The van der Waals surface area contributed by atoms with E-state index in [0.29, 0.717) is 31.7 Å². The number of ether oxygens (including phenoxy) is 1. The first-order chi connectivity index (χ1) is 11.6. The lowest BCUT2D eigenvalue weighted by atomic mass is 9.83. The maximum absolute atomic E-state index is 13.6. The standard InChI is InChI=1S/C17H23FN2O4S/c1-16(2,3)25(23)19-14-12-5-4-11(18)10-13(12)24-17(14)6-8-20(9-7-17)15(21)22/h4-5,10,14,19H,6-9H2,1-3H3,(H,21,22)/t14-,25-/m1/s1. The van der Waals surface area contributed by atoms with Crippen molar-refractivity contribution in [1.29, 1.82) is 0 Å². The molecule has 0 bridgehead atoms. The number of piperidine rings is 1. The van der Waals surface area contributed by atoms with Gasteiger partial charge in [-0.15, -0.1) is 4.72 Å². The number of fused-ring (bicyclic) bond motifs is 1. The Bertz CT molecular complexity index is 671. The number of nitrogens with one attached hydrogen (secondary N) is 1. The molecule has 0 radical (unpaired) electrons. The maximum atomic E-state index is 13.6. The highest BCUT2D eigenvalue weighted by Gasteiger charge is 2.53. The molecule has 0 saturated carbocycles. The van der Waals surface area contributed by atoms with E-state index in [1.165, 1.54) is 17.0 Å². The Morgan fingerprint density at radius 3 is 2.64 bits per heavy atom. The molecular weight excluding hydrogens is 347 g/mol. The molecule has 2 heterocycles. The largest absolute Gasteiger partial charge is 0.598 e. The van der Waals surface area contributed by atoms with Gasteiger partial charge in [-0.1, -0.05) is 6.07 Å². The molecule has 6 nitrogen and oxygen atoms in total. The minimum atomic E-state index is -1.34. The number of nitrogens with zero attached hydrogens (tertiary/aromatic N) is 1. The number of hydrogen-bond donors (Lipinski definition) is 2. The number of carbonyl (C=O) groups is 1. The zero-order valence-electron chi connectivity index (χ0n) is 14.5. The molecule has 2 aliphatic heterocycles. The van der Waals surface area contributed by atoms with Crippen molar-refractivity contribution < 1.29 is 23.6 Å². The fraction of sp³-hybridized carbons (Fsp3) is 0.588. The second kappa shape index (κ2) is 6.34. The van der Waals surface area contributed by atoms with Crippen molar-refractivity contribution >= 4 is 17.5 Å². The fourth-order valence-corrected chi connectivity index (χ4v) is 4.23. The predicted octanol–water partition coefficient (Wildman–Crippen LogP) is 2.82. The molecule has 2 N–H and O–H groups in total. The zero-order valence-corrected chi connectivity index (χ0v) is 15.4. The Kier molecular flexibility index (Phi) is 4.63. The van der Waals surface area contributed by atoms with Crippen LogP contribution in [0.3, 0.4) is 0 Å². The van der Waals surface area contributed by atoms with Crippen LogP contribution in [0, 0.1) is 5.82 Å². The smallest absolute Gasteiger partial charge is 0.407 e. The van der Waals surface area contributed by atoms with Crippen molar-refractivity contribution in [3.05, 3.63) is 29.6 Å². The van der Waals surface area contributed by atoms with Gasteiger partial charge in [0, 0.05) is 48.9 Å². The lowest BCUT2D eigenvalue weighted by Crippen LogP contribution is -2.55. The molecule has 0 aliphatic carbocycles. The molecule has 0 aromatic heterocycles. The van der Waals surface area contributed by atoms with Crippen molar-refractivity contribution in [3.63, 3.8) is 0 Å². The zero-order chi connectivity index (χ0) is 18.4. The van der Waals surface area contributed by atoms with Crippen LogP contribution in [-0.2, 0) is 11.4 Å². The first-order valence-corrected chi connectivity index (χ1v) is 9.42. The number of hydrogen-bond acceptors (Lipinski definition) is 4. The minimum absolute atomic E-state index is 0.326. The van der Waals surface area contributed by atoms with Crippen LogP contribution < -0.4 is 9.46 Å². The fourth-order valence-electron chi connectivity index (χ4n) is 3.32. The Balaban J connectivity index is 1.90. The first kappa shape index (κ1) is 18.3. The van der Waals surface area contributed by atoms with E-state index in [0.717, 1.165) is 5.56 Å². The van der Waals surface area contributed by atoms with Crippen LogP contribution >= 0.6 is 0 Å². The van der Waals surface area contributed by atoms with Gasteiger partial charge >= 0.3 is 6.09 Å². The summed E-state index contributed by atoms with van der Waals surface area (Å²) < 4.78 is 35.1. The van der Waals surface area contributed by atoms with Gasteiger partial charge in [0.05, 0.1) is 0 Å². The predicted molar refractivity (Wildman–Crippen MR) is 92.4 cm³/mol. The highest BCUT2D eigenvalue weighted by molar-refractivity contribution is 7.90. The van der Waals surface area contributed by atoms with E-state index < -0.39 is 33.6 Å². The number of likely N-dealkylation sites (tertiary alicyclic amines) is 1. The van der Waals surface area contributed by atoms with Gasteiger partial charge < -0.3 is 19.3 Å². The molecular formula is C17H23FN2O4S. The van der Waals surface area contributed by atoms with Crippen LogP contribution in [0.25, 0.3) is 0 Å². The van der Waals surface area contributed by atoms with E-state index in [9.17, 15) is 13.7 Å². The Labute approximate surface area is 149 Å². The van der Waals surface area contributed by atoms with E-state index >= 15 is 0 Å². The minimum Gasteiger partial charge on any atom is -0.598 e. The molecule has 138 valence electrons. The van der Waals surface area contributed by atoms with Crippen molar-refractivity contribution in [2.75, 3.05) is 13.1 Å². The monoisotopic (exact) mass is 370 g/mol. The molecule has 1 aromatic rings. The number of halogens is 1. The van der Waals surface area contributed by atoms with Crippen LogP contribution in [0.1, 0.15) is 45.2 Å². The molecule has 3 rings (SSSR count). The summed E-state index contributed by atoms with van der Waals surface area (Å²) in [6.07, 6.45) is -0.0531. The SMILES string of the molecule is CC(C)(C)[S@@+]([O-])N[C@@H]1c2ccc(F)cc2OC12CCN(C(=O)O)CC2. The maximum Gasteiger partial charge on any atom is 0.407 e. The number of benzene rings is 1. The van der Waals surface area contributed by atoms with Crippen LogP contribution in [0.5, 0.6) is 5.75 Å². The number of carboxylic acid groups (broad SMARTS) is 1. The van der Waals surface area contributed by atoms with Crippen molar-refractivity contribution in [3.8, 4) is 5.75 Å². The van der Waals surface area contributed by atoms with Gasteiger partial charge in [0.15, 0.2) is 0 Å². The molecule has 0 unspecified atom stereocenters. The van der Waals surface area contributed by atoms with E-state index in [-0.39, 0.29) is 6.04 Å². The topological polar surface area (TPSA) is 84.9 Å². The molecule has 1 saturated heterocycles. The Morgan fingerprint density at radius 1 is 1.44 bits per heavy atom. The highest BCUT2D eigenvalue weighted by atomic mass is 32.2. The molecule has 1 spiro atoms. The first-order valence-electron chi connectivity index (χ1n) is 8.27. The van der Waals surface area contributed by atoms with Gasteiger partial charge in [0.25, 0.3) is 0 Å². The van der Waals surface area contributed by atoms with Gasteiger partial charge in [0.1, 0.15) is 28.0 Å².